The van der Waals surface area contributed by atoms with E-state index in [1.165, 1.54) is 7.11 Å². The molecule has 3 heterocycles. The summed E-state index contributed by atoms with van der Waals surface area (Å²) in [5.41, 5.74) is 3.27. The Morgan fingerprint density at radius 1 is 1.10 bits per heavy atom. The number of thiophene rings is 1. The molecule has 7 heteroatoms. The third-order valence-electron chi connectivity index (χ3n) is 5.35. The summed E-state index contributed by atoms with van der Waals surface area (Å²) in [6.07, 6.45) is 1.82. The van der Waals surface area contributed by atoms with Crippen LogP contribution in [0.2, 0.25) is 0 Å². The van der Waals surface area contributed by atoms with Crippen LogP contribution in [-0.2, 0) is 9.53 Å². The van der Waals surface area contributed by atoms with Crippen LogP contribution in [0.5, 0.6) is 11.5 Å². The van der Waals surface area contributed by atoms with Crippen molar-refractivity contribution in [2.24, 2.45) is 0 Å². The zero-order valence-electron chi connectivity index (χ0n) is 16.4. The van der Waals surface area contributed by atoms with E-state index < -0.39 is 5.97 Å². The molecule has 0 amide bonds. The molecule has 0 spiro atoms. The average molecular weight is 432 g/mol. The van der Waals surface area contributed by atoms with Crippen LogP contribution in [0.3, 0.4) is 0 Å². The molecule has 0 bridgehead atoms. The maximum Gasteiger partial charge on any atom is 0.337 e. The first kappa shape index (κ1) is 19.3. The number of ether oxygens (including phenoxy) is 3. The molecule has 2 aromatic carbocycles. The standard InChI is InChI=1S/C24H16O6S/c1-28-24(27)14-4-2-13(3-5-14)10-19-22(26)16-6-7-18-21(23(16)30-19)17(11-20(25)29-18)15-8-9-31-12-15/h2-10,12,17H,11H2,1H3. The van der Waals surface area contributed by atoms with Crippen LogP contribution in [0.4, 0.5) is 0 Å². The zero-order chi connectivity index (χ0) is 21.5. The van der Waals surface area contributed by atoms with Gasteiger partial charge in [0.1, 0.15) is 11.5 Å². The Hall–Kier alpha value is -3.71. The van der Waals surface area contributed by atoms with Crippen LogP contribution in [0.25, 0.3) is 6.08 Å². The lowest BCUT2D eigenvalue weighted by Gasteiger charge is -2.25. The second-order valence-electron chi connectivity index (χ2n) is 7.19. The molecule has 0 N–H and O–H groups in total. The Bertz CT molecular complexity index is 1240. The van der Waals surface area contributed by atoms with Crippen molar-refractivity contribution in [2.45, 2.75) is 12.3 Å². The minimum Gasteiger partial charge on any atom is -0.465 e. The average Bonchev–Trinajstić information content (AvgIpc) is 3.42. The summed E-state index contributed by atoms with van der Waals surface area (Å²) in [4.78, 5) is 36.7. The second-order valence-corrected chi connectivity index (χ2v) is 7.97. The van der Waals surface area contributed by atoms with E-state index in [9.17, 15) is 14.4 Å². The first-order chi connectivity index (χ1) is 15.0. The smallest absolute Gasteiger partial charge is 0.337 e. The number of hydrogen-bond donors (Lipinski definition) is 0. The molecule has 0 radical (unpaired) electrons. The van der Waals surface area contributed by atoms with E-state index in [1.807, 2.05) is 16.8 Å². The summed E-state index contributed by atoms with van der Waals surface area (Å²) < 4.78 is 16.1. The normalized spacial score (nSPS) is 18.2. The number of fused-ring (bicyclic) bond motifs is 3. The first-order valence-electron chi connectivity index (χ1n) is 9.57. The van der Waals surface area contributed by atoms with Gasteiger partial charge in [-0.1, -0.05) is 12.1 Å². The number of allylic oxidation sites excluding steroid dienone is 1. The molecular formula is C24H16O6S. The fourth-order valence-corrected chi connectivity index (χ4v) is 4.56. The van der Waals surface area contributed by atoms with Gasteiger partial charge in [-0.05, 0) is 58.3 Å². The van der Waals surface area contributed by atoms with Gasteiger partial charge in [0.15, 0.2) is 5.76 Å². The molecule has 0 fully saturated rings. The van der Waals surface area contributed by atoms with Gasteiger partial charge in [-0.25, -0.2) is 4.79 Å². The Morgan fingerprint density at radius 3 is 2.61 bits per heavy atom. The lowest BCUT2D eigenvalue weighted by atomic mass is 9.86. The van der Waals surface area contributed by atoms with Gasteiger partial charge in [0, 0.05) is 11.5 Å². The van der Waals surface area contributed by atoms with E-state index in [4.69, 9.17) is 14.2 Å². The van der Waals surface area contributed by atoms with Gasteiger partial charge in [-0.2, -0.15) is 11.3 Å². The topological polar surface area (TPSA) is 78.9 Å². The van der Waals surface area contributed by atoms with Crippen LogP contribution in [0.1, 0.15) is 49.7 Å². The van der Waals surface area contributed by atoms with Crippen molar-refractivity contribution in [2.75, 3.05) is 7.11 Å². The van der Waals surface area contributed by atoms with Crippen LogP contribution in [0, 0.1) is 0 Å². The molecule has 0 aliphatic carbocycles. The third kappa shape index (κ3) is 3.33. The highest BCUT2D eigenvalue weighted by atomic mass is 32.1. The largest absolute Gasteiger partial charge is 0.465 e. The predicted molar refractivity (Wildman–Crippen MR) is 114 cm³/mol. The van der Waals surface area contributed by atoms with Crippen molar-refractivity contribution in [3.05, 3.63) is 86.8 Å². The molecule has 31 heavy (non-hydrogen) atoms. The van der Waals surface area contributed by atoms with Crippen molar-refractivity contribution in [3.8, 4) is 11.5 Å². The summed E-state index contributed by atoms with van der Waals surface area (Å²) >= 11 is 1.55. The van der Waals surface area contributed by atoms with Crippen LogP contribution in [-0.4, -0.2) is 24.8 Å². The van der Waals surface area contributed by atoms with Gasteiger partial charge in [-0.15, -0.1) is 0 Å². The molecule has 0 saturated heterocycles. The maximum absolute atomic E-state index is 13.0. The van der Waals surface area contributed by atoms with E-state index in [1.54, 1.807) is 53.8 Å². The SMILES string of the molecule is COC(=O)c1ccc(C=C2Oc3c(ccc4c3C(c3ccsc3)CC(=O)O4)C2=O)cc1. The van der Waals surface area contributed by atoms with Crippen molar-refractivity contribution >= 4 is 35.1 Å². The van der Waals surface area contributed by atoms with E-state index in [0.717, 1.165) is 5.56 Å². The van der Waals surface area contributed by atoms with Crippen molar-refractivity contribution in [1.82, 2.24) is 0 Å². The third-order valence-corrected chi connectivity index (χ3v) is 6.06. The Balaban J connectivity index is 1.53. The number of hydrogen-bond acceptors (Lipinski definition) is 7. The molecular weight excluding hydrogens is 416 g/mol. The Morgan fingerprint density at radius 2 is 1.90 bits per heavy atom. The predicted octanol–water partition coefficient (Wildman–Crippen LogP) is 4.59. The molecule has 1 aromatic heterocycles. The van der Waals surface area contributed by atoms with Gasteiger partial charge in [0.2, 0.25) is 5.78 Å². The number of carbonyl (C=O) groups is 3. The fraction of sp³-hybridized carbons (Fsp3) is 0.125. The fourth-order valence-electron chi connectivity index (χ4n) is 3.85. The van der Waals surface area contributed by atoms with Gasteiger partial charge in [0.25, 0.3) is 0 Å². The number of ketones is 1. The maximum atomic E-state index is 13.0. The lowest BCUT2D eigenvalue weighted by Crippen LogP contribution is -2.21. The molecule has 2 aliphatic rings. The van der Waals surface area contributed by atoms with Gasteiger partial charge in [-0.3, -0.25) is 9.59 Å². The molecule has 5 rings (SSSR count). The minimum atomic E-state index is -0.430. The van der Waals surface area contributed by atoms with Crippen molar-refractivity contribution in [1.29, 1.82) is 0 Å². The highest BCUT2D eigenvalue weighted by molar-refractivity contribution is 7.08. The highest BCUT2D eigenvalue weighted by Gasteiger charge is 2.38. The van der Waals surface area contributed by atoms with Gasteiger partial charge in [0.05, 0.1) is 24.7 Å². The molecule has 6 nitrogen and oxygen atoms in total. The molecule has 3 aromatic rings. The molecule has 2 aliphatic heterocycles. The van der Waals surface area contributed by atoms with Crippen molar-refractivity contribution in [3.63, 3.8) is 0 Å². The number of Topliss-reactive ketones (excluding diaryl/α,β-unsaturated/α-hetero) is 1. The van der Waals surface area contributed by atoms with E-state index in [0.29, 0.717) is 33.8 Å². The Labute approximate surface area is 181 Å². The van der Waals surface area contributed by atoms with Gasteiger partial charge < -0.3 is 14.2 Å². The molecule has 1 unspecified atom stereocenters. The van der Waals surface area contributed by atoms with Crippen molar-refractivity contribution < 1.29 is 28.6 Å². The number of esters is 2. The highest BCUT2D eigenvalue weighted by Crippen LogP contribution is 2.49. The number of benzene rings is 2. The lowest BCUT2D eigenvalue weighted by molar-refractivity contribution is -0.135. The minimum absolute atomic E-state index is 0.176. The summed E-state index contributed by atoms with van der Waals surface area (Å²) in [5, 5.41) is 3.94. The second kappa shape index (κ2) is 7.52. The summed E-state index contributed by atoms with van der Waals surface area (Å²) in [7, 11) is 1.32. The quantitative estimate of drug-likeness (QED) is 0.342. The number of methoxy groups -OCH3 is 1. The zero-order valence-corrected chi connectivity index (χ0v) is 17.2. The monoisotopic (exact) mass is 432 g/mol. The summed E-state index contributed by atoms with van der Waals surface area (Å²) in [6, 6.07) is 11.9. The molecule has 154 valence electrons. The van der Waals surface area contributed by atoms with Gasteiger partial charge >= 0.3 is 11.9 Å². The van der Waals surface area contributed by atoms with E-state index in [2.05, 4.69) is 0 Å². The summed E-state index contributed by atoms with van der Waals surface area (Å²) in [6.45, 7) is 0. The van der Waals surface area contributed by atoms with Crippen LogP contribution < -0.4 is 9.47 Å². The summed E-state index contributed by atoms with van der Waals surface area (Å²) in [5.74, 6) is -0.184. The Kier molecular flexibility index (Phi) is 4.67. The van der Waals surface area contributed by atoms with Crippen LogP contribution in [0.15, 0.2) is 59.0 Å². The first-order valence-corrected chi connectivity index (χ1v) is 10.5. The van der Waals surface area contributed by atoms with E-state index >= 15 is 0 Å². The molecule has 0 saturated carbocycles. The van der Waals surface area contributed by atoms with Crippen LogP contribution >= 0.6 is 11.3 Å². The number of carbonyl (C=O) groups excluding carboxylic acids is 3. The molecule has 1 atom stereocenters. The number of rotatable bonds is 3. The van der Waals surface area contributed by atoms with E-state index in [-0.39, 0.29) is 29.9 Å².